The number of benzene rings is 1. The molecule has 0 bridgehead atoms. The number of nitrogens with zero attached hydrogens (tertiary/aromatic N) is 5. The number of carbonyl (C=O) groups is 1. The fraction of sp³-hybridized carbons (Fsp3) is 0.360. The number of carbonyl (C=O) groups excluding carboxylic acids is 1. The van der Waals surface area contributed by atoms with E-state index in [9.17, 15) is 4.79 Å². The van der Waals surface area contributed by atoms with Crippen molar-refractivity contribution >= 4 is 17.2 Å². The van der Waals surface area contributed by atoms with E-state index in [0.29, 0.717) is 25.1 Å². The maximum atomic E-state index is 13.1. The Morgan fingerprint density at radius 1 is 1.12 bits per heavy atom. The van der Waals surface area contributed by atoms with Crippen LogP contribution in [0.2, 0.25) is 0 Å². The lowest BCUT2D eigenvalue weighted by molar-refractivity contribution is -0.127. The second-order valence-electron chi connectivity index (χ2n) is 9.61. The van der Waals surface area contributed by atoms with Crippen molar-refractivity contribution in [2.75, 3.05) is 18.9 Å². The maximum absolute atomic E-state index is 13.1. The Hall–Kier alpha value is -3.72. The zero-order chi connectivity index (χ0) is 22.9. The maximum Gasteiger partial charge on any atom is 0.231 e. The first-order valence-corrected chi connectivity index (χ1v) is 11.8. The number of ether oxygens (including phenoxy) is 1. The molecule has 3 N–H and O–H groups in total. The molecule has 172 valence electrons. The van der Waals surface area contributed by atoms with Crippen molar-refractivity contribution in [2.24, 2.45) is 0 Å². The average molecular weight is 456 g/mol. The Morgan fingerprint density at radius 3 is 2.71 bits per heavy atom. The second kappa shape index (κ2) is 7.14. The normalized spacial score (nSPS) is 19.2. The minimum Gasteiger partial charge on any atom is -0.382 e. The number of nitrogens with two attached hydrogens (primary N) is 1. The fourth-order valence-corrected chi connectivity index (χ4v) is 5.00. The number of rotatable bonds is 6. The predicted octanol–water partition coefficient (Wildman–Crippen LogP) is 2.72. The summed E-state index contributed by atoms with van der Waals surface area (Å²) in [5, 5.41) is 12.2. The summed E-state index contributed by atoms with van der Waals surface area (Å²) in [5.74, 6) is 0.523. The summed E-state index contributed by atoms with van der Waals surface area (Å²) in [6.45, 7) is 1.19. The molecule has 2 aliphatic carbocycles. The van der Waals surface area contributed by atoms with Gasteiger partial charge in [-0.2, -0.15) is 10.2 Å². The molecule has 4 heterocycles. The predicted molar refractivity (Wildman–Crippen MR) is 126 cm³/mol. The fourth-order valence-electron chi connectivity index (χ4n) is 5.00. The van der Waals surface area contributed by atoms with E-state index in [1.807, 2.05) is 22.8 Å². The van der Waals surface area contributed by atoms with Gasteiger partial charge in [0.05, 0.1) is 42.1 Å². The number of nitrogen functional groups attached to an aromatic ring is 1. The topological polar surface area (TPSA) is 112 Å². The lowest BCUT2D eigenvalue weighted by Gasteiger charge is -2.29. The first-order chi connectivity index (χ1) is 16.6. The molecule has 2 saturated carbocycles. The van der Waals surface area contributed by atoms with Crippen LogP contribution in [0.5, 0.6) is 0 Å². The number of hydrogen-bond donors (Lipinski definition) is 2. The Labute approximate surface area is 195 Å². The number of fused-ring (bicyclic) bond motifs is 1. The third kappa shape index (κ3) is 2.96. The lowest BCUT2D eigenvalue weighted by Crippen LogP contribution is -2.51. The van der Waals surface area contributed by atoms with Crippen LogP contribution in [0.25, 0.3) is 28.0 Å². The zero-order valence-corrected chi connectivity index (χ0v) is 18.6. The summed E-state index contributed by atoms with van der Waals surface area (Å²) in [4.78, 5) is 17.3. The molecular weight excluding hydrogens is 430 g/mol. The van der Waals surface area contributed by atoms with Crippen molar-refractivity contribution in [2.45, 2.75) is 43.2 Å². The van der Waals surface area contributed by atoms with E-state index in [2.05, 4.69) is 49.4 Å². The molecule has 4 aromatic rings. The minimum atomic E-state index is -0.458. The molecule has 1 aromatic carbocycles. The van der Waals surface area contributed by atoms with Crippen molar-refractivity contribution in [3.05, 3.63) is 54.5 Å². The molecule has 3 aromatic heterocycles. The van der Waals surface area contributed by atoms with E-state index in [4.69, 9.17) is 10.5 Å². The zero-order valence-electron chi connectivity index (χ0n) is 18.6. The van der Waals surface area contributed by atoms with Crippen molar-refractivity contribution < 1.29 is 9.53 Å². The van der Waals surface area contributed by atoms with E-state index >= 15 is 0 Å². The first kappa shape index (κ1) is 19.7. The average Bonchev–Trinajstić information content (AvgIpc) is 3.74. The van der Waals surface area contributed by atoms with Crippen molar-refractivity contribution in [3.8, 4) is 22.5 Å². The lowest BCUT2D eigenvalue weighted by atomic mass is 9.92. The molecule has 7 rings (SSSR count). The third-order valence-electron chi connectivity index (χ3n) is 7.29. The van der Waals surface area contributed by atoms with Gasteiger partial charge in [-0.25, -0.2) is 9.50 Å². The highest BCUT2D eigenvalue weighted by Gasteiger charge is 2.52. The van der Waals surface area contributed by atoms with Gasteiger partial charge in [-0.1, -0.05) is 18.2 Å². The molecule has 9 nitrogen and oxygen atoms in total. The summed E-state index contributed by atoms with van der Waals surface area (Å²) in [6.07, 6.45) is 7.29. The van der Waals surface area contributed by atoms with Crippen molar-refractivity contribution in [3.63, 3.8) is 0 Å². The van der Waals surface area contributed by atoms with Crippen LogP contribution in [-0.4, -0.2) is 49.5 Å². The van der Waals surface area contributed by atoms with Crippen LogP contribution < -0.4 is 11.1 Å². The highest BCUT2D eigenvalue weighted by Crippen LogP contribution is 2.49. The minimum absolute atomic E-state index is 0.0959. The largest absolute Gasteiger partial charge is 0.382 e. The number of aromatic nitrogens is 5. The molecular formula is C25H25N7O2. The molecule has 1 amide bonds. The van der Waals surface area contributed by atoms with Crippen LogP contribution >= 0.6 is 0 Å². The van der Waals surface area contributed by atoms with Gasteiger partial charge in [0.2, 0.25) is 5.91 Å². The van der Waals surface area contributed by atoms with Gasteiger partial charge < -0.3 is 15.8 Å². The van der Waals surface area contributed by atoms with Crippen LogP contribution in [0.3, 0.4) is 0 Å². The quantitative estimate of drug-likeness (QED) is 0.462. The molecule has 1 saturated heterocycles. The van der Waals surface area contributed by atoms with Crippen LogP contribution in [0.1, 0.15) is 37.3 Å². The number of amides is 1. The molecule has 3 fully saturated rings. The smallest absolute Gasteiger partial charge is 0.231 e. The van der Waals surface area contributed by atoms with Crippen LogP contribution in [0, 0.1) is 0 Å². The SMILES string of the molecule is Nc1ncnn2c(-c3cccc(C4(C(=O)NC5COC5)CC4)c3)cc(-c3ccnn3C3CC3)c12. The molecule has 0 unspecified atom stereocenters. The van der Waals surface area contributed by atoms with Gasteiger partial charge in [0.25, 0.3) is 0 Å². The van der Waals surface area contributed by atoms with Crippen molar-refractivity contribution in [1.82, 2.24) is 29.7 Å². The summed E-state index contributed by atoms with van der Waals surface area (Å²) in [5.41, 5.74) is 11.6. The van der Waals surface area contributed by atoms with E-state index in [1.165, 1.54) is 6.33 Å². The monoisotopic (exact) mass is 455 g/mol. The standard InChI is InChI=1S/C25H25N7O2/c26-23-22-19(20-6-9-28-31(20)18-4-5-18)11-21(32(22)29-14-27-23)15-2-1-3-16(10-15)25(7-8-25)24(33)30-17-12-34-13-17/h1-3,6,9-11,14,17-18H,4-5,7-8,12-13H2,(H,30,33)(H2,26,27,29). The Kier molecular flexibility index (Phi) is 4.14. The molecule has 0 atom stereocenters. The van der Waals surface area contributed by atoms with E-state index in [-0.39, 0.29) is 11.9 Å². The number of nitrogens with one attached hydrogen (secondary N) is 1. The second-order valence-corrected chi connectivity index (χ2v) is 9.61. The molecule has 34 heavy (non-hydrogen) atoms. The highest BCUT2D eigenvalue weighted by atomic mass is 16.5. The Balaban J connectivity index is 1.33. The number of anilines is 1. The van der Waals surface area contributed by atoms with Crippen molar-refractivity contribution in [1.29, 1.82) is 0 Å². The van der Waals surface area contributed by atoms with E-state index in [0.717, 1.165) is 59.3 Å². The van der Waals surface area contributed by atoms with Gasteiger partial charge in [-0.15, -0.1) is 0 Å². The summed E-state index contributed by atoms with van der Waals surface area (Å²) >= 11 is 0. The molecule has 3 aliphatic rings. The summed E-state index contributed by atoms with van der Waals surface area (Å²) < 4.78 is 9.15. The van der Waals surface area contributed by atoms with Crippen LogP contribution in [-0.2, 0) is 14.9 Å². The van der Waals surface area contributed by atoms with Gasteiger partial charge in [-0.05, 0) is 49.4 Å². The highest BCUT2D eigenvalue weighted by molar-refractivity contribution is 5.93. The first-order valence-electron chi connectivity index (χ1n) is 11.8. The third-order valence-corrected chi connectivity index (χ3v) is 7.29. The van der Waals surface area contributed by atoms with Crippen LogP contribution in [0.15, 0.2) is 48.9 Å². The van der Waals surface area contributed by atoms with Gasteiger partial charge in [0, 0.05) is 17.3 Å². The number of hydrogen-bond acceptors (Lipinski definition) is 6. The molecule has 0 spiro atoms. The van der Waals surface area contributed by atoms with Gasteiger partial charge >= 0.3 is 0 Å². The van der Waals surface area contributed by atoms with Gasteiger partial charge in [0.1, 0.15) is 11.8 Å². The summed E-state index contributed by atoms with van der Waals surface area (Å²) in [6, 6.07) is 12.9. The molecule has 0 radical (unpaired) electrons. The van der Waals surface area contributed by atoms with E-state index in [1.54, 1.807) is 0 Å². The summed E-state index contributed by atoms with van der Waals surface area (Å²) in [7, 11) is 0. The van der Waals surface area contributed by atoms with Gasteiger partial charge in [-0.3, -0.25) is 9.48 Å². The molecule has 1 aliphatic heterocycles. The Morgan fingerprint density at radius 2 is 1.97 bits per heavy atom. The van der Waals surface area contributed by atoms with Crippen LogP contribution in [0.4, 0.5) is 5.82 Å². The van der Waals surface area contributed by atoms with E-state index < -0.39 is 5.41 Å². The molecule has 9 heteroatoms. The van der Waals surface area contributed by atoms with Gasteiger partial charge in [0.15, 0.2) is 5.82 Å². The Bertz CT molecular complexity index is 1430.